The lowest BCUT2D eigenvalue weighted by Gasteiger charge is -2.25. The minimum Gasteiger partial charge on any atom is -0.489 e. The third-order valence-electron chi connectivity index (χ3n) is 4.35. The Morgan fingerprint density at radius 3 is 3.00 bits per heavy atom. The van der Waals surface area contributed by atoms with E-state index in [4.69, 9.17) is 4.74 Å². The number of rotatable bonds is 6. The van der Waals surface area contributed by atoms with E-state index >= 15 is 0 Å². The Morgan fingerprint density at radius 2 is 2.24 bits per heavy atom. The maximum atomic E-state index is 5.80. The molecule has 1 aromatic carbocycles. The zero-order valence-corrected chi connectivity index (χ0v) is 14.3. The van der Waals surface area contributed by atoms with Crippen molar-refractivity contribution in [2.24, 2.45) is 0 Å². The van der Waals surface area contributed by atoms with Crippen LogP contribution in [0, 0.1) is 0 Å². The van der Waals surface area contributed by atoms with Gasteiger partial charge in [0.2, 0.25) is 0 Å². The van der Waals surface area contributed by atoms with Gasteiger partial charge in [-0.1, -0.05) is 15.9 Å². The third kappa shape index (κ3) is 3.87. The summed E-state index contributed by atoms with van der Waals surface area (Å²) < 4.78 is 6.90. The number of likely N-dealkylation sites (N-methyl/N-ethyl adjacent to an activating group) is 1. The number of benzene rings is 1. The minimum absolute atomic E-state index is 0.587. The van der Waals surface area contributed by atoms with Crippen LogP contribution in [0.4, 0.5) is 0 Å². The molecule has 1 saturated carbocycles. The van der Waals surface area contributed by atoms with Gasteiger partial charge in [0, 0.05) is 35.2 Å². The summed E-state index contributed by atoms with van der Waals surface area (Å²) in [4.78, 5) is 2.49. The molecule has 1 aliphatic heterocycles. The van der Waals surface area contributed by atoms with E-state index in [2.05, 4.69) is 52.3 Å². The zero-order valence-electron chi connectivity index (χ0n) is 12.7. The van der Waals surface area contributed by atoms with E-state index in [0.29, 0.717) is 12.6 Å². The van der Waals surface area contributed by atoms with Crippen molar-refractivity contribution in [2.45, 2.75) is 31.8 Å². The molecule has 0 amide bonds. The molecule has 0 radical (unpaired) electrons. The molecular formula is C17H23BrN2O. The molecule has 1 heterocycles. The lowest BCUT2D eigenvalue weighted by Crippen LogP contribution is -2.40. The van der Waals surface area contributed by atoms with Gasteiger partial charge in [0.05, 0.1) is 0 Å². The number of fused-ring (bicyclic) bond motifs is 1. The van der Waals surface area contributed by atoms with Gasteiger partial charge < -0.3 is 10.1 Å². The average Bonchev–Trinajstić information content (AvgIpc) is 3.30. The van der Waals surface area contributed by atoms with Crippen LogP contribution in [0.15, 0.2) is 28.2 Å². The highest BCUT2D eigenvalue weighted by molar-refractivity contribution is 9.10. The summed E-state index contributed by atoms with van der Waals surface area (Å²) in [5.41, 5.74) is 2.47. The van der Waals surface area contributed by atoms with E-state index in [9.17, 15) is 0 Å². The molecule has 21 heavy (non-hydrogen) atoms. The summed E-state index contributed by atoms with van der Waals surface area (Å²) in [6.45, 7) is 4.91. The highest BCUT2D eigenvalue weighted by Crippen LogP contribution is 2.29. The SMILES string of the molecule is CC(CNCC1=Cc2cc(Br)ccc2OC1)N(C)C1CC1. The van der Waals surface area contributed by atoms with Gasteiger partial charge in [-0.3, -0.25) is 4.90 Å². The molecule has 0 saturated heterocycles. The molecule has 114 valence electrons. The molecule has 3 nitrogen and oxygen atoms in total. The summed E-state index contributed by atoms with van der Waals surface area (Å²) in [6.07, 6.45) is 4.98. The maximum Gasteiger partial charge on any atom is 0.127 e. The molecule has 1 N–H and O–H groups in total. The largest absolute Gasteiger partial charge is 0.489 e. The Balaban J connectivity index is 1.51. The van der Waals surface area contributed by atoms with Crippen molar-refractivity contribution < 1.29 is 4.74 Å². The minimum atomic E-state index is 0.587. The highest BCUT2D eigenvalue weighted by atomic mass is 79.9. The second kappa shape index (κ2) is 6.51. The van der Waals surface area contributed by atoms with Gasteiger partial charge >= 0.3 is 0 Å². The van der Waals surface area contributed by atoms with Crippen molar-refractivity contribution in [1.29, 1.82) is 0 Å². The van der Waals surface area contributed by atoms with Gasteiger partial charge in [-0.15, -0.1) is 0 Å². The summed E-state index contributed by atoms with van der Waals surface area (Å²) >= 11 is 3.51. The van der Waals surface area contributed by atoms with Crippen molar-refractivity contribution in [3.05, 3.63) is 33.8 Å². The third-order valence-corrected chi connectivity index (χ3v) is 4.85. The van der Waals surface area contributed by atoms with E-state index in [1.54, 1.807) is 0 Å². The van der Waals surface area contributed by atoms with Crippen molar-refractivity contribution in [3.8, 4) is 5.75 Å². The lowest BCUT2D eigenvalue weighted by atomic mass is 10.1. The summed E-state index contributed by atoms with van der Waals surface area (Å²) in [5, 5.41) is 3.56. The van der Waals surface area contributed by atoms with Gasteiger partial charge in [0.25, 0.3) is 0 Å². The van der Waals surface area contributed by atoms with Gasteiger partial charge in [0.15, 0.2) is 0 Å². The smallest absolute Gasteiger partial charge is 0.127 e. The van der Waals surface area contributed by atoms with Crippen LogP contribution in [0.5, 0.6) is 5.75 Å². The first-order chi connectivity index (χ1) is 10.1. The quantitative estimate of drug-likeness (QED) is 0.851. The fourth-order valence-electron chi connectivity index (χ4n) is 2.72. The second-order valence-electron chi connectivity index (χ2n) is 6.15. The van der Waals surface area contributed by atoms with E-state index in [1.807, 2.05) is 12.1 Å². The molecule has 4 heteroatoms. The fourth-order valence-corrected chi connectivity index (χ4v) is 3.10. The van der Waals surface area contributed by atoms with Crippen molar-refractivity contribution in [2.75, 3.05) is 26.7 Å². The maximum absolute atomic E-state index is 5.80. The Bertz CT molecular complexity index is 540. The highest BCUT2D eigenvalue weighted by Gasteiger charge is 2.28. The van der Waals surface area contributed by atoms with E-state index in [1.165, 1.54) is 18.4 Å². The fraction of sp³-hybridized carbons (Fsp3) is 0.529. The van der Waals surface area contributed by atoms with E-state index in [0.717, 1.165) is 34.9 Å². The Labute approximate surface area is 135 Å². The summed E-state index contributed by atoms with van der Waals surface area (Å²) in [5.74, 6) is 0.976. The van der Waals surface area contributed by atoms with Gasteiger partial charge in [-0.25, -0.2) is 0 Å². The van der Waals surface area contributed by atoms with Crippen LogP contribution in [-0.4, -0.2) is 43.7 Å². The number of nitrogens with zero attached hydrogens (tertiary/aromatic N) is 1. The van der Waals surface area contributed by atoms with Crippen molar-refractivity contribution in [3.63, 3.8) is 0 Å². The van der Waals surface area contributed by atoms with Crippen LogP contribution in [0.3, 0.4) is 0 Å². The number of halogens is 1. The molecule has 1 atom stereocenters. The number of hydrogen-bond donors (Lipinski definition) is 1. The predicted molar refractivity (Wildman–Crippen MR) is 90.7 cm³/mol. The molecule has 0 spiro atoms. The lowest BCUT2D eigenvalue weighted by molar-refractivity contribution is 0.242. The topological polar surface area (TPSA) is 24.5 Å². The average molecular weight is 351 g/mol. The van der Waals surface area contributed by atoms with Gasteiger partial charge in [0.1, 0.15) is 12.4 Å². The van der Waals surface area contributed by atoms with Crippen LogP contribution in [-0.2, 0) is 0 Å². The van der Waals surface area contributed by atoms with Crippen LogP contribution >= 0.6 is 15.9 Å². The standard InChI is InChI=1S/C17H23BrN2O/c1-12(20(2)16-4-5-16)9-19-10-13-7-14-8-15(18)3-6-17(14)21-11-13/h3,6-8,12,16,19H,4-5,9-11H2,1-2H3. The summed E-state index contributed by atoms with van der Waals surface area (Å²) in [7, 11) is 2.24. The molecular weight excluding hydrogens is 328 g/mol. The Morgan fingerprint density at radius 1 is 1.43 bits per heavy atom. The monoisotopic (exact) mass is 350 g/mol. The van der Waals surface area contributed by atoms with Gasteiger partial charge in [-0.05, 0) is 56.7 Å². The van der Waals surface area contributed by atoms with Crippen LogP contribution in [0.25, 0.3) is 6.08 Å². The van der Waals surface area contributed by atoms with E-state index < -0.39 is 0 Å². The van der Waals surface area contributed by atoms with Crippen LogP contribution in [0.1, 0.15) is 25.3 Å². The van der Waals surface area contributed by atoms with Crippen molar-refractivity contribution in [1.82, 2.24) is 10.2 Å². The van der Waals surface area contributed by atoms with Crippen molar-refractivity contribution >= 4 is 22.0 Å². The Kier molecular flexibility index (Phi) is 4.67. The van der Waals surface area contributed by atoms with Gasteiger partial charge in [-0.2, -0.15) is 0 Å². The first-order valence-electron chi connectivity index (χ1n) is 7.68. The summed E-state index contributed by atoms with van der Waals surface area (Å²) in [6, 6.07) is 7.56. The second-order valence-corrected chi connectivity index (χ2v) is 7.07. The van der Waals surface area contributed by atoms with Crippen LogP contribution in [0.2, 0.25) is 0 Å². The molecule has 3 rings (SSSR count). The first-order valence-corrected chi connectivity index (χ1v) is 8.47. The number of nitrogens with one attached hydrogen (secondary N) is 1. The molecule has 2 aliphatic rings. The molecule has 0 aromatic heterocycles. The zero-order chi connectivity index (χ0) is 14.8. The van der Waals surface area contributed by atoms with Crippen LogP contribution < -0.4 is 10.1 Å². The normalized spacial score (nSPS) is 19.0. The number of hydrogen-bond acceptors (Lipinski definition) is 3. The van der Waals surface area contributed by atoms with E-state index in [-0.39, 0.29) is 0 Å². The molecule has 0 bridgehead atoms. The molecule has 1 aromatic rings. The molecule has 1 unspecified atom stereocenters. The predicted octanol–water partition coefficient (Wildman–Crippen LogP) is 3.30. The number of ether oxygens (including phenoxy) is 1. The first kappa shape index (κ1) is 15.1. The molecule has 1 fully saturated rings. The Hall–Kier alpha value is -0.840. The molecule has 1 aliphatic carbocycles.